The minimum absolute atomic E-state index is 0.0693. The van der Waals surface area contributed by atoms with E-state index in [4.69, 9.17) is 9.84 Å². The highest BCUT2D eigenvalue weighted by atomic mass is 16.5. The van der Waals surface area contributed by atoms with Gasteiger partial charge in [-0.1, -0.05) is 30.3 Å². The van der Waals surface area contributed by atoms with Crippen molar-refractivity contribution in [3.8, 4) is 0 Å². The molecule has 0 radical (unpaired) electrons. The number of hydrogen-bond donors (Lipinski definition) is 2. The van der Waals surface area contributed by atoms with Gasteiger partial charge in [0, 0.05) is 6.61 Å². The van der Waals surface area contributed by atoms with E-state index in [1.165, 1.54) is 5.56 Å². The first-order valence-electron chi connectivity index (χ1n) is 7.23. The zero-order valence-corrected chi connectivity index (χ0v) is 11.4. The molecule has 0 heterocycles. The molecule has 3 heteroatoms. The van der Waals surface area contributed by atoms with Gasteiger partial charge in [0.1, 0.15) is 0 Å². The van der Waals surface area contributed by atoms with E-state index >= 15 is 0 Å². The van der Waals surface area contributed by atoms with Gasteiger partial charge < -0.3 is 14.9 Å². The molecule has 2 rings (SSSR count). The van der Waals surface area contributed by atoms with Crippen molar-refractivity contribution in [2.45, 2.75) is 37.7 Å². The Bertz CT molecular complexity index is 352. The minimum Gasteiger partial charge on any atom is -0.394 e. The quantitative estimate of drug-likeness (QED) is 0.775. The Morgan fingerprint density at radius 1 is 1.11 bits per heavy atom. The number of benzene rings is 1. The number of ether oxygens (including phenoxy) is 1. The van der Waals surface area contributed by atoms with Crippen molar-refractivity contribution in [1.29, 1.82) is 0 Å². The molecule has 19 heavy (non-hydrogen) atoms. The molecule has 0 saturated heterocycles. The van der Waals surface area contributed by atoms with Gasteiger partial charge in [0.25, 0.3) is 0 Å². The van der Waals surface area contributed by atoms with E-state index < -0.39 is 0 Å². The number of hydrogen-bond acceptors (Lipinski definition) is 3. The lowest BCUT2D eigenvalue weighted by Gasteiger charge is -2.33. The van der Waals surface area contributed by atoms with Gasteiger partial charge >= 0.3 is 0 Å². The molecule has 0 bridgehead atoms. The summed E-state index contributed by atoms with van der Waals surface area (Å²) < 4.78 is 5.31. The molecule has 1 fully saturated rings. The Kier molecular flexibility index (Phi) is 5.83. The van der Waals surface area contributed by atoms with Gasteiger partial charge in [0.2, 0.25) is 0 Å². The average molecular weight is 264 g/mol. The van der Waals surface area contributed by atoms with Gasteiger partial charge in [-0.25, -0.2) is 0 Å². The van der Waals surface area contributed by atoms with Crippen LogP contribution in [0.2, 0.25) is 0 Å². The maximum atomic E-state index is 10.1. The summed E-state index contributed by atoms with van der Waals surface area (Å²) in [6.45, 7) is 1.09. The van der Waals surface area contributed by atoms with Crippen molar-refractivity contribution in [2.24, 2.45) is 5.92 Å². The van der Waals surface area contributed by atoms with Crippen molar-refractivity contribution in [2.75, 3.05) is 19.8 Å². The highest BCUT2D eigenvalue weighted by Crippen LogP contribution is 2.37. The van der Waals surface area contributed by atoms with Crippen LogP contribution in [0.25, 0.3) is 0 Å². The van der Waals surface area contributed by atoms with Crippen molar-refractivity contribution in [3.05, 3.63) is 35.9 Å². The maximum absolute atomic E-state index is 10.1. The summed E-state index contributed by atoms with van der Waals surface area (Å²) in [5.74, 6) is 0.880. The van der Waals surface area contributed by atoms with Gasteiger partial charge in [-0.15, -0.1) is 0 Å². The van der Waals surface area contributed by atoms with Gasteiger partial charge in [0.15, 0.2) is 0 Å². The Hall–Kier alpha value is -0.900. The molecule has 0 aliphatic heterocycles. The lowest BCUT2D eigenvalue weighted by molar-refractivity contribution is 0.0272. The predicted molar refractivity (Wildman–Crippen MR) is 75.1 cm³/mol. The van der Waals surface area contributed by atoms with E-state index in [-0.39, 0.29) is 12.7 Å². The number of rotatable bonds is 6. The monoisotopic (exact) mass is 264 g/mol. The zero-order valence-electron chi connectivity index (χ0n) is 11.4. The highest BCUT2D eigenvalue weighted by molar-refractivity contribution is 5.20. The molecule has 1 aromatic rings. The second-order valence-electron chi connectivity index (χ2n) is 5.37. The fourth-order valence-corrected chi connectivity index (χ4v) is 2.99. The summed E-state index contributed by atoms with van der Waals surface area (Å²) in [6.07, 6.45) is 3.67. The molecule has 1 saturated carbocycles. The molecule has 106 valence electrons. The van der Waals surface area contributed by atoms with Crippen molar-refractivity contribution < 1.29 is 14.9 Å². The Morgan fingerprint density at radius 3 is 2.63 bits per heavy atom. The van der Waals surface area contributed by atoms with Crippen LogP contribution in [0.5, 0.6) is 0 Å². The fraction of sp³-hybridized carbons (Fsp3) is 0.625. The number of aliphatic hydroxyl groups excluding tert-OH is 2. The van der Waals surface area contributed by atoms with E-state index in [0.717, 1.165) is 25.7 Å². The van der Waals surface area contributed by atoms with Crippen LogP contribution in [0.1, 0.15) is 37.2 Å². The Labute approximate surface area is 115 Å². The van der Waals surface area contributed by atoms with Crippen LogP contribution in [0, 0.1) is 5.92 Å². The summed E-state index contributed by atoms with van der Waals surface area (Å²) >= 11 is 0. The van der Waals surface area contributed by atoms with Gasteiger partial charge in [0.05, 0.1) is 19.3 Å². The van der Waals surface area contributed by atoms with Crippen LogP contribution in [-0.2, 0) is 4.74 Å². The van der Waals surface area contributed by atoms with E-state index in [9.17, 15) is 5.11 Å². The molecule has 1 aliphatic carbocycles. The zero-order chi connectivity index (χ0) is 13.5. The predicted octanol–water partition coefficient (Wildman–Crippen LogP) is 2.33. The largest absolute Gasteiger partial charge is 0.394 e. The summed E-state index contributed by atoms with van der Waals surface area (Å²) in [6, 6.07) is 10.6. The third-order valence-electron chi connectivity index (χ3n) is 4.08. The summed E-state index contributed by atoms with van der Waals surface area (Å²) in [5, 5.41) is 18.8. The second kappa shape index (κ2) is 7.63. The first kappa shape index (κ1) is 14.5. The van der Waals surface area contributed by atoms with Crippen molar-refractivity contribution in [3.63, 3.8) is 0 Å². The van der Waals surface area contributed by atoms with E-state index in [2.05, 4.69) is 24.3 Å². The van der Waals surface area contributed by atoms with E-state index in [0.29, 0.717) is 25.0 Å². The smallest absolute Gasteiger partial charge is 0.0697 e. The standard InChI is InChI=1S/C16H24O3/c17-9-11-19-10-8-15-12-14(6-7-16(15)18)13-4-2-1-3-5-13/h1-5,14-18H,6-12H2. The molecule has 0 amide bonds. The molecule has 0 spiro atoms. The lowest BCUT2D eigenvalue weighted by atomic mass is 9.75. The number of aliphatic hydroxyl groups is 2. The normalized spacial score (nSPS) is 27.4. The summed E-state index contributed by atoms with van der Waals surface area (Å²) in [5.41, 5.74) is 1.38. The SMILES string of the molecule is OCCOCCC1CC(c2ccccc2)CCC1O. The van der Waals surface area contributed by atoms with Crippen LogP contribution >= 0.6 is 0 Å². The first-order chi connectivity index (χ1) is 9.31. The third kappa shape index (κ3) is 4.30. The fourth-order valence-electron chi connectivity index (χ4n) is 2.99. The molecule has 3 nitrogen and oxygen atoms in total. The summed E-state index contributed by atoms with van der Waals surface area (Å²) in [4.78, 5) is 0. The minimum atomic E-state index is -0.197. The van der Waals surface area contributed by atoms with E-state index in [1.807, 2.05) is 6.07 Å². The summed E-state index contributed by atoms with van der Waals surface area (Å²) in [7, 11) is 0. The van der Waals surface area contributed by atoms with Crippen LogP contribution in [0.4, 0.5) is 0 Å². The molecular formula is C16H24O3. The second-order valence-corrected chi connectivity index (χ2v) is 5.37. The molecule has 3 atom stereocenters. The van der Waals surface area contributed by atoms with Crippen LogP contribution in [0.3, 0.4) is 0 Å². The maximum Gasteiger partial charge on any atom is 0.0697 e. The molecule has 0 aromatic heterocycles. The first-order valence-corrected chi connectivity index (χ1v) is 7.23. The molecule has 1 aliphatic rings. The average Bonchev–Trinajstić information content (AvgIpc) is 2.46. The van der Waals surface area contributed by atoms with Crippen LogP contribution in [-0.4, -0.2) is 36.1 Å². The van der Waals surface area contributed by atoms with Crippen molar-refractivity contribution >= 4 is 0 Å². The molecule has 1 aromatic carbocycles. The van der Waals surface area contributed by atoms with E-state index in [1.54, 1.807) is 0 Å². The third-order valence-corrected chi connectivity index (χ3v) is 4.08. The molecule has 2 N–H and O–H groups in total. The lowest BCUT2D eigenvalue weighted by Crippen LogP contribution is -2.29. The van der Waals surface area contributed by atoms with Crippen LogP contribution < -0.4 is 0 Å². The van der Waals surface area contributed by atoms with Gasteiger partial charge in [-0.2, -0.15) is 0 Å². The highest BCUT2D eigenvalue weighted by Gasteiger charge is 2.29. The molecule has 3 unspecified atom stereocenters. The van der Waals surface area contributed by atoms with Gasteiger partial charge in [-0.3, -0.25) is 0 Å². The van der Waals surface area contributed by atoms with Gasteiger partial charge in [-0.05, 0) is 43.1 Å². The Balaban J connectivity index is 1.85. The topological polar surface area (TPSA) is 49.7 Å². The van der Waals surface area contributed by atoms with Crippen LogP contribution in [0.15, 0.2) is 30.3 Å². The van der Waals surface area contributed by atoms with Crippen molar-refractivity contribution in [1.82, 2.24) is 0 Å². The Morgan fingerprint density at radius 2 is 1.89 bits per heavy atom. The molecular weight excluding hydrogens is 240 g/mol.